The van der Waals surface area contributed by atoms with E-state index >= 15 is 0 Å². The third-order valence-electron chi connectivity index (χ3n) is 4.03. The summed E-state index contributed by atoms with van der Waals surface area (Å²) in [7, 11) is 0. The summed E-state index contributed by atoms with van der Waals surface area (Å²) in [5.41, 5.74) is 1.76. The zero-order chi connectivity index (χ0) is 18.7. The molecule has 1 aromatic carbocycles. The first-order valence-corrected chi connectivity index (χ1v) is 9.11. The standard InChI is InChI=1S/C20H30O5/c1-5-8-9-16-10-12-17(13-11-16)19(21)24-14-15(4)18(6-2)25-20(22)23-7-3/h10-13,15,18H,5-9,14H2,1-4H3. The topological polar surface area (TPSA) is 61.8 Å². The number of esters is 1. The third kappa shape index (κ3) is 7.59. The van der Waals surface area contributed by atoms with Crippen LogP contribution in [0.3, 0.4) is 0 Å². The van der Waals surface area contributed by atoms with E-state index in [-0.39, 0.29) is 31.2 Å². The summed E-state index contributed by atoms with van der Waals surface area (Å²) in [5.74, 6) is -0.470. The minimum absolute atomic E-state index is 0.109. The monoisotopic (exact) mass is 350 g/mol. The second-order valence-corrected chi connectivity index (χ2v) is 6.12. The molecule has 0 aromatic heterocycles. The maximum Gasteiger partial charge on any atom is 0.508 e. The lowest BCUT2D eigenvalue weighted by atomic mass is 10.0. The fourth-order valence-electron chi connectivity index (χ4n) is 2.46. The fraction of sp³-hybridized carbons (Fsp3) is 0.600. The molecule has 0 saturated heterocycles. The van der Waals surface area contributed by atoms with E-state index in [1.807, 2.05) is 26.0 Å². The highest BCUT2D eigenvalue weighted by atomic mass is 16.7. The van der Waals surface area contributed by atoms with Crippen molar-refractivity contribution in [3.05, 3.63) is 35.4 Å². The van der Waals surface area contributed by atoms with Crippen molar-refractivity contribution in [3.8, 4) is 0 Å². The van der Waals surface area contributed by atoms with Gasteiger partial charge >= 0.3 is 12.1 Å². The maximum absolute atomic E-state index is 12.2. The van der Waals surface area contributed by atoms with Gasteiger partial charge in [0, 0.05) is 5.92 Å². The summed E-state index contributed by atoms with van der Waals surface area (Å²) in [4.78, 5) is 23.6. The molecule has 0 fully saturated rings. The highest BCUT2D eigenvalue weighted by molar-refractivity contribution is 5.89. The van der Waals surface area contributed by atoms with Crippen LogP contribution in [0.2, 0.25) is 0 Å². The van der Waals surface area contributed by atoms with Gasteiger partial charge in [-0.3, -0.25) is 0 Å². The zero-order valence-corrected chi connectivity index (χ0v) is 15.7. The molecule has 0 aliphatic carbocycles. The molecule has 0 amide bonds. The summed E-state index contributed by atoms with van der Waals surface area (Å²) < 4.78 is 15.4. The molecule has 1 rings (SSSR count). The highest BCUT2D eigenvalue weighted by Crippen LogP contribution is 2.15. The Labute approximate surface area is 150 Å². The van der Waals surface area contributed by atoms with Crippen LogP contribution in [0, 0.1) is 5.92 Å². The van der Waals surface area contributed by atoms with E-state index in [9.17, 15) is 9.59 Å². The number of hydrogen-bond donors (Lipinski definition) is 0. The maximum atomic E-state index is 12.2. The van der Waals surface area contributed by atoms with Crippen LogP contribution in [-0.4, -0.2) is 31.4 Å². The first-order chi connectivity index (χ1) is 12.0. The van der Waals surface area contributed by atoms with Gasteiger partial charge in [0.1, 0.15) is 6.10 Å². The third-order valence-corrected chi connectivity index (χ3v) is 4.03. The minimum Gasteiger partial charge on any atom is -0.462 e. The van der Waals surface area contributed by atoms with Gasteiger partial charge in [0.25, 0.3) is 0 Å². The van der Waals surface area contributed by atoms with Gasteiger partial charge in [-0.1, -0.05) is 39.3 Å². The number of aryl methyl sites for hydroxylation is 1. The fourth-order valence-corrected chi connectivity index (χ4v) is 2.46. The van der Waals surface area contributed by atoms with Crippen molar-refractivity contribution in [2.75, 3.05) is 13.2 Å². The normalized spacial score (nSPS) is 13.0. The minimum atomic E-state index is -0.685. The molecule has 0 spiro atoms. The molecule has 0 aliphatic heterocycles. The van der Waals surface area contributed by atoms with Gasteiger partial charge < -0.3 is 14.2 Å². The van der Waals surface area contributed by atoms with Gasteiger partial charge in [-0.05, 0) is 43.9 Å². The lowest BCUT2D eigenvalue weighted by molar-refractivity contribution is -0.0112. The van der Waals surface area contributed by atoms with E-state index < -0.39 is 6.16 Å². The molecular weight excluding hydrogens is 320 g/mol. The average Bonchev–Trinajstić information content (AvgIpc) is 2.62. The molecule has 0 N–H and O–H groups in total. The predicted octanol–water partition coefficient (Wildman–Crippen LogP) is 4.77. The molecule has 0 aliphatic rings. The average molecular weight is 350 g/mol. The van der Waals surface area contributed by atoms with Crippen molar-refractivity contribution in [2.24, 2.45) is 5.92 Å². The van der Waals surface area contributed by atoms with Gasteiger partial charge in [-0.15, -0.1) is 0 Å². The Bertz CT molecular complexity index is 523. The molecule has 2 atom stereocenters. The Hall–Kier alpha value is -2.04. The molecule has 0 bridgehead atoms. The highest BCUT2D eigenvalue weighted by Gasteiger charge is 2.22. The van der Waals surface area contributed by atoms with Crippen LogP contribution >= 0.6 is 0 Å². The Kier molecular flexibility index (Phi) is 9.66. The van der Waals surface area contributed by atoms with E-state index in [0.29, 0.717) is 12.0 Å². The van der Waals surface area contributed by atoms with Crippen LogP contribution in [0.1, 0.15) is 62.9 Å². The Morgan fingerprint density at radius 2 is 1.72 bits per heavy atom. The second kappa shape index (κ2) is 11.5. The predicted molar refractivity (Wildman–Crippen MR) is 96.7 cm³/mol. The van der Waals surface area contributed by atoms with Crippen LogP contribution in [0.5, 0.6) is 0 Å². The molecule has 5 nitrogen and oxygen atoms in total. The second-order valence-electron chi connectivity index (χ2n) is 6.12. The number of rotatable bonds is 10. The number of ether oxygens (including phenoxy) is 3. The first-order valence-electron chi connectivity index (χ1n) is 9.11. The summed E-state index contributed by atoms with van der Waals surface area (Å²) >= 11 is 0. The van der Waals surface area contributed by atoms with Crippen molar-refractivity contribution >= 4 is 12.1 Å². The number of carbonyl (C=O) groups excluding carboxylic acids is 2. The van der Waals surface area contributed by atoms with E-state index in [2.05, 4.69) is 6.92 Å². The van der Waals surface area contributed by atoms with Crippen molar-refractivity contribution in [3.63, 3.8) is 0 Å². The Balaban J connectivity index is 2.49. The molecule has 2 unspecified atom stereocenters. The van der Waals surface area contributed by atoms with Crippen LogP contribution in [-0.2, 0) is 20.6 Å². The van der Waals surface area contributed by atoms with E-state index in [0.717, 1.165) is 19.3 Å². The number of unbranched alkanes of at least 4 members (excludes halogenated alkanes) is 1. The summed E-state index contributed by atoms with van der Waals surface area (Å²) in [5, 5.41) is 0. The van der Waals surface area contributed by atoms with Crippen LogP contribution < -0.4 is 0 Å². The van der Waals surface area contributed by atoms with Gasteiger partial charge in [0.2, 0.25) is 0 Å². The van der Waals surface area contributed by atoms with Crippen LogP contribution in [0.4, 0.5) is 4.79 Å². The van der Waals surface area contributed by atoms with Crippen molar-refractivity contribution in [1.29, 1.82) is 0 Å². The first kappa shape index (κ1) is 21.0. The van der Waals surface area contributed by atoms with Gasteiger partial charge in [-0.2, -0.15) is 0 Å². The van der Waals surface area contributed by atoms with E-state index in [1.165, 1.54) is 5.56 Å². The summed E-state index contributed by atoms with van der Waals surface area (Å²) in [6.45, 7) is 8.13. The lowest BCUT2D eigenvalue weighted by Crippen LogP contribution is -2.29. The number of benzene rings is 1. The quantitative estimate of drug-likeness (QED) is 0.569. The van der Waals surface area contributed by atoms with Gasteiger partial charge in [-0.25, -0.2) is 9.59 Å². The lowest BCUT2D eigenvalue weighted by Gasteiger charge is -2.22. The number of hydrogen-bond acceptors (Lipinski definition) is 5. The Morgan fingerprint density at radius 3 is 2.28 bits per heavy atom. The molecule has 5 heteroatoms. The largest absolute Gasteiger partial charge is 0.508 e. The molecule has 0 radical (unpaired) electrons. The van der Waals surface area contributed by atoms with Gasteiger partial charge in [0.05, 0.1) is 18.8 Å². The summed E-state index contributed by atoms with van der Waals surface area (Å²) in [6.07, 6.45) is 2.91. The van der Waals surface area contributed by atoms with Crippen molar-refractivity contribution < 1.29 is 23.8 Å². The molecule has 25 heavy (non-hydrogen) atoms. The SMILES string of the molecule is CCCCc1ccc(C(=O)OCC(C)C(CC)OC(=O)OCC)cc1. The van der Waals surface area contributed by atoms with E-state index in [1.54, 1.807) is 19.1 Å². The smallest absolute Gasteiger partial charge is 0.462 e. The van der Waals surface area contributed by atoms with Crippen LogP contribution in [0.25, 0.3) is 0 Å². The van der Waals surface area contributed by atoms with Crippen molar-refractivity contribution in [1.82, 2.24) is 0 Å². The molecule has 140 valence electrons. The van der Waals surface area contributed by atoms with Crippen LogP contribution in [0.15, 0.2) is 24.3 Å². The molecular formula is C20H30O5. The van der Waals surface area contributed by atoms with Gasteiger partial charge in [0.15, 0.2) is 0 Å². The summed E-state index contributed by atoms with van der Waals surface area (Å²) in [6, 6.07) is 7.53. The number of carbonyl (C=O) groups is 2. The Morgan fingerprint density at radius 1 is 1.04 bits per heavy atom. The molecule has 0 heterocycles. The van der Waals surface area contributed by atoms with E-state index in [4.69, 9.17) is 14.2 Å². The zero-order valence-electron chi connectivity index (χ0n) is 15.7. The molecule has 1 aromatic rings. The molecule has 0 saturated carbocycles. The van der Waals surface area contributed by atoms with Crippen molar-refractivity contribution in [2.45, 2.75) is 59.5 Å².